The summed E-state index contributed by atoms with van der Waals surface area (Å²) in [7, 11) is 0. The maximum absolute atomic E-state index is 13.5. The van der Waals surface area contributed by atoms with E-state index >= 15 is 0 Å². The third kappa shape index (κ3) is 2.03. The van der Waals surface area contributed by atoms with Gasteiger partial charge in [-0.1, -0.05) is 30.3 Å². The maximum Gasteiger partial charge on any atom is 0.328 e. The molecule has 1 heterocycles. The van der Waals surface area contributed by atoms with Crippen molar-refractivity contribution in [1.82, 2.24) is 0 Å². The van der Waals surface area contributed by atoms with E-state index in [1.54, 1.807) is 30.3 Å². The Morgan fingerprint density at radius 1 is 1.10 bits per heavy atom. The predicted octanol–water partition coefficient (Wildman–Crippen LogP) is 2.47. The number of esters is 1. The van der Waals surface area contributed by atoms with Crippen LogP contribution in [0.3, 0.4) is 0 Å². The number of nitrogens with one attached hydrogen (secondary N) is 1. The van der Waals surface area contributed by atoms with E-state index in [2.05, 4.69) is 5.32 Å². The average Bonchev–Trinajstić information content (AvgIpc) is 2.77. The van der Waals surface area contributed by atoms with Gasteiger partial charge in [-0.15, -0.1) is 0 Å². The van der Waals surface area contributed by atoms with Gasteiger partial charge < -0.3 is 10.1 Å². The summed E-state index contributed by atoms with van der Waals surface area (Å²) in [5.41, 5.74) is 0.529. The average molecular weight is 271 g/mol. The van der Waals surface area contributed by atoms with Crippen LogP contribution in [0.1, 0.15) is 11.5 Å². The molecular formula is C15H10FNO3. The standard InChI is InChI=1S/C15H10FNO3/c16-10-6-2-3-7-11(10)17-14(18)13-9-5-1-4-8-12(9)20-15(13)19/h1-8,13H,(H,17,18). The van der Waals surface area contributed by atoms with Crippen molar-refractivity contribution in [3.8, 4) is 5.75 Å². The van der Waals surface area contributed by atoms with E-state index in [9.17, 15) is 14.0 Å². The molecule has 1 aliphatic heterocycles. The Balaban J connectivity index is 1.88. The molecule has 0 aromatic heterocycles. The minimum absolute atomic E-state index is 0.0367. The fourth-order valence-corrected chi connectivity index (χ4v) is 2.12. The summed E-state index contributed by atoms with van der Waals surface area (Å²) in [4.78, 5) is 23.9. The highest BCUT2D eigenvalue weighted by molar-refractivity contribution is 6.12. The van der Waals surface area contributed by atoms with E-state index in [0.29, 0.717) is 11.3 Å². The molecule has 100 valence electrons. The normalized spacial score (nSPS) is 16.4. The molecular weight excluding hydrogens is 261 g/mol. The smallest absolute Gasteiger partial charge is 0.328 e. The van der Waals surface area contributed by atoms with Crippen molar-refractivity contribution in [2.24, 2.45) is 0 Å². The van der Waals surface area contributed by atoms with E-state index < -0.39 is 23.6 Å². The van der Waals surface area contributed by atoms with Crippen LogP contribution in [0.4, 0.5) is 10.1 Å². The number of fused-ring (bicyclic) bond motifs is 1. The number of hydrogen-bond donors (Lipinski definition) is 1. The van der Waals surface area contributed by atoms with Gasteiger partial charge in [0.05, 0.1) is 5.69 Å². The number of carbonyl (C=O) groups is 2. The summed E-state index contributed by atoms with van der Waals surface area (Å²) < 4.78 is 18.5. The molecule has 4 nitrogen and oxygen atoms in total. The number of carbonyl (C=O) groups excluding carboxylic acids is 2. The van der Waals surface area contributed by atoms with Gasteiger partial charge in [-0.2, -0.15) is 0 Å². The molecule has 0 spiro atoms. The molecule has 0 saturated heterocycles. The van der Waals surface area contributed by atoms with Gasteiger partial charge in [0.15, 0.2) is 5.92 Å². The number of rotatable bonds is 2. The molecule has 0 bridgehead atoms. The fraction of sp³-hybridized carbons (Fsp3) is 0.0667. The third-order valence-electron chi connectivity index (χ3n) is 3.07. The van der Waals surface area contributed by atoms with Crippen molar-refractivity contribution in [3.63, 3.8) is 0 Å². The Morgan fingerprint density at radius 3 is 2.60 bits per heavy atom. The van der Waals surface area contributed by atoms with Crippen LogP contribution >= 0.6 is 0 Å². The topological polar surface area (TPSA) is 55.4 Å². The highest BCUT2D eigenvalue weighted by atomic mass is 19.1. The SMILES string of the molecule is O=C(Nc1ccccc1F)C1C(=O)Oc2ccccc21. The molecule has 3 rings (SSSR count). The van der Waals surface area contributed by atoms with Crippen LogP contribution in [-0.2, 0) is 9.59 Å². The molecule has 5 heteroatoms. The summed E-state index contributed by atoms with van der Waals surface area (Å²) in [5.74, 6) is -2.51. The quantitative estimate of drug-likeness (QED) is 0.518. The zero-order chi connectivity index (χ0) is 14.1. The number of halogens is 1. The number of para-hydroxylation sites is 2. The van der Waals surface area contributed by atoms with Gasteiger partial charge in [0.2, 0.25) is 5.91 Å². The first-order valence-corrected chi connectivity index (χ1v) is 6.03. The Labute approximate surface area is 114 Å². The molecule has 0 aliphatic carbocycles. The molecule has 1 atom stereocenters. The lowest BCUT2D eigenvalue weighted by Gasteiger charge is -2.09. The summed E-state index contributed by atoms with van der Waals surface area (Å²) in [6.45, 7) is 0. The maximum atomic E-state index is 13.5. The van der Waals surface area contributed by atoms with Gasteiger partial charge in [0.25, 0.3) is 0 Å². The van der Waals surface area contributed by atoms with E-state index in [1.807, 2.05) is 0 Å². The van der Waals surface area contributed by atoms with Crippen LogP contribution in [0.15, 0.2) is 48.5 Å². The van der Waals surface area contributed by atoms with Crippen molar-refractivity contribution in [3.05, 3.63) is 59.9 Å². The van der Waals surface area contributed by atoms with E-state index in [-0.39, 0.29) is 5.69 Å². The zero-order valence-corrected chi connectivity index (χ0v) is 10.3. The van der Waals surface area contributed by atoms with Crippen molar-refractivity contribution >= 4 is 17.6 Å². The van der Waals surface area contributed by atoms with Crippen molar-refractivity contribution in [2.75, 3.05) is 5.32 Å². The van der Waals surface area contributed by atoms with Crippen LogP contribution in [0, 0.1) is 5.82 Å². The van der Waals surface area contributed by atoms with Gasteiger partial charge >= 0.3 is 5.97 Å². The molecule has 2 aromatic carbocycles. The van der Waals surface area contributed by atoms with Crippen LogP contribution in [-0.4, -0.2) is 11.9 Å². The molecule has 1 N–H and O–H groups in total. The molecule has 0 saturated carbocycles. The van der Waals surface area contributed by atoms with Crippen molar-refractivity contribution in [1.29, 1.82) is 0 Å². The number of hydrogen-bond acceptors (Lipinski definition) is 3. The molecule has 1 amide bonds. The minimum atomic E-state index is -1.06. The van der Waals surface area contributed by atoms with Crippen LogP contribution < -0.4 is 10.1 Å². The van der Waals surface area contributed by atoms with Crippen LogP contribution in [0.25, 0.3) is 0 Å². The van der Waals surface area contributed by atoms with Gasteiger partial charge in [0.1, 0.15) is 11.6 Å². The van der Waals surface area contributed by atoms with E-state index in [0.717, 1.165) is 0 Å². The predicted molar refractivity (Wildman–Crippen MR) is 69.8 cm³/mol. The number of ether oxygens (including phenoxy) is 1. The zero-order valence-electron chi connectivity index (χ0n) is 10.3. The Kier molecular flexibility index (Phi) is 2.95. The number of amides is 1. The lowest BCUT2D eigenvalue weighted by Crippen LogP contribution is -2.26. The van der Waals surface area contributed by atoms with E-state index in [1.165, 1.54) is 18.2 Å². The van der Waals surface area contributed by atoms with Gasteiger partial charge in [-0.25, -0.2) is 4.39 Å². The van der Waals surface area contributed by atoms with Crippen LogP contribution in [0.2, 0.25) is 0 Å². The molecule has 0 fully saturated rings. The number of anilines is 1. The van der Waals surface area contributed by atoms with Gasteiger partial charge in [-0.3, -0.25) is 9.59 Å². The highest BCUT2D eigenvalue weighted by Crippen LogP contribution is 2.35. The lowest BCUT2D eigenvalue weighted by molar-refractivity contribution is -0.137. The lowest BCUT2D eigenvalue weighted by atomic mass is 10.00. The summed E-state index contributed by atoms with van der Waals surface area (Å²) >= 11 is 0. The summed E-state index contributed by atoms with van der Waals surface area (Å²) in [6.07, 6.45) is 0. The van der Waals surface area contributed by atoms with E-state index in [4.69, 9.17) is 4.74 Å². The molecule has 1 unspecified atom stereocenters. The first-order chi connectivity index (χ1) is 9.66. The first kappa shape index (κ1) is 12.3. The fourth-order valence-electron chi connectivity index (χ4n) is 2.12. The molecule has 2 aromatic rings. The second-order valence-electron chi connectivity index (χ2n) is 4.36. The number of benzene rings is 2. The highest BCUT2D eigenvalue weighted by Gasteiger charge is 2.38. The Bertz CT molecular complexity index is 699. The van der Waals surface area contributed by atoms with Gasteiger partial charge in [-0.05, 0) is 18.2 Å². The van der Waals surface area contributed by atoms with Gasteiger partial charge in [0, 0.05) is 5.56 Å². The van der Waals surface area contributed by atoms with Crippen molar-refractivity contribution < 1.29 is 18.7 Å². The van der Waals surface area contributed by atoms with Crippen LogP contribution in [0.5, 0.6) is 5.75 Å². The largest absolute Gasteiger partial charge is 0.425 e. The molecule has 20 heavy (non-hydrogen) atoms. The molecule has 1 aliphatic rings. The summed E-state index contributed by atoms with van der Waals surface area (Å²) in [5, 5.41) is 2.41. The minimum Gasteiger partial charge on any atom is -0.425 e. The third-order valence-corrected chi connectivity index (χ3v) is 3.07. The Morgan fingerprint density at radius 2 is 1.80 bits per heavy atom. The second kappa shape index (κ2) is 4.77. The van der Waals surface area contributed by atoms with Crippen molar-refractivity contribution in [2.45, 2.75) is 5.92 Å². The second-order valence-corrected chi connectivity index (χ2v) is 4.36. The summed E-state index contributed by atoms with van der Waals surface area (Å²) in [6, 6.07) is 12.5. The Hall–Kier alpha value is -2.69. The monoisotopic (exact) mass is 271 g/mol. The molecule has 0 radical (unpaired) electrons. The first-order valence-electron chi connectivity index (χ1n) is 6.03.